The van der Waals surface area contributed by atoms with Gasteiger partial charge in [0.1, 0.15) is 17.9 Å². The SMILES string of the molecule is Cc1nsc(Sc2ccc(C=O)cc2F)n1. The van der Waals surface area contributed by atoms with Gasteiger partial charge in [0.25, 0.3) is 0 Å². The number of carbonyl (C=O) groups is 1. The fourth-order valence-corrected chi connectivity index (χ4v) is 2.70. The lowest BCUT2D eigenvalue weighted by molar-refractivity contribution is 0.112. The van der Waals surface area contributed by atoms with E-state index in [0.29, 0.717) is 26.9 Å². The second-order valence-electron chi connectivity index (χ2n) is 3.02. The van der Waals surface area contributed by atoms with E-state index in [0.717, 1.165) is 0 Å². The summed E-state index contributed by atoms with van der Waals surface area (Å²) in [6.07, 6.45) is 0.618. The van der Waals surface area contributed by atoms with Gasteiger partial charge in [-0.15, -0.1) is 0 Å². The van der Waals surface area contributed by atoms with E-state index in [1.54, 1.807) is 19.1 Å². The Morgan fingerprint density at radius 1 is 1.50 bits per heavy atom. The third-order valence-corrected chi connectivity index (χ3v) is 3.69. The van der Waals surface area contributed by atoms with Crippen LogP contribution in [0.15, 0.2) is 27.4 Å². The maximum atomic E-state index is 13.5. The Balaban J connectivity index is 2.25. The van der Waals surface area contributed by atoms with Gasteiger partial charge in [-0.3, -0.25) is 4.79 Å². The van der Waals surface area contributed by atoms with Gasteiger partial charge in [-0.2, -0.15) is 4.37 Å². The van der Waals surface area contributed by atoms with Crippen LogP contribution in [0.1, 0.15) is 16.2 Å². The molecule has 16 heavy (non-hydrogen) atoms. The van der Waals surface area contributed by atoms with Gasteiger partial charge < -0.3 is 0 Å². The summed E-state index contributed by atoms with van der Waals surface area (Å²) in [7, 11) is 0. The van der Waals surface area contributed by atoms with Gasteiger partial charge in [-0.05, 0) is 30.6 Å². The Kier molecular flexibility index (Phi) is 3.31. The van der Waals surface area contributed by atoms with Crippen LogP contribution in [-0.2, 0) is 0 Å². The highest BCUT2D eigenvalue weighted by molar-refractivity contribution is 8.01. The van der Waals surface area contributed by atoms with Crippen LogP contribution in [0.25, 0.3) is 0 Å². The fraction of sp³-hybridized carbons (Fsp3) is 0.100. The summed E-state index contributed by atoms with van der Waals surface area (Å²) in [6.45, 7) is 1.78. The monoisotopic (exact) mass is 254 g/mol. The first-order valence-corrected chi connectivity index (χ1v) is 6.01. The van der Waals surface area contributed by atoms with Crippen molar-refractivity contribution in [2.45, 2.75) is 16.2 Å². The lowest BCUT2D eigenvalue weighted by Crippen LogP contribution is -1.85. The number of benzene rings is 1. The van der Waals surface area contributed by atoms with Crippen LogP contribution in [0, 0.1) is 12.7 Å². The van der Waals surface area contributed by atoms with Crippen molar-refractivity contribution >= 4 is 29.6 Å². The van der Waals surface area contributed by atoms with Crippen LogP contribution >= 0.6 is 23.3 Å². The number of halogens is 1. The van der Waals surface area contributed by atoms with Crippen LogP contribution in [0.3, 0.4) is 0 Å². The molecule has 0 aliphatic carbocycles. The highest BCUT2D eigenvalue weighted by Gasteiger charge is 2.08. The van der Waals surface area contributed by atoms with Crippen molar-refractivity contribution < 1.29 is 9.18 Å². The zero-order valence-electron chi connectivity index (χ0n) is 8.31. The Morgan fingerprint density at radius 2 is 2.31 bits per heavy atom. The maximum Gasteiger partial charge on any atom is 0.174 e. The molecule has 1 aromatic carbocycles. The minimum Gasteiger partial charge on any atom is -0.298 e. The van der Waals surface area contributed by atoms with E-state index in [4.69, 9.17) is 0 Å². The molecular weight excluding hydrogens is 247 g/mol. The van der Waals surface area contributed by atoms with Gasteiger partial charge in [0, 0.05) is 5.56 Å². The largest absolute Gasteiger partial charge is 0.298 e. The summed E-state index contributed by atoms with van der Waals surface area (Å²) >= 11 is 2.44. The number of rotatable bonds is 3. The molecular formula is C10H7FN2OS2. The molecule has 0 aliphatic heterocycles. The van der Waals surface area contributed by atoms with E-state index in [9.17, 15) is 9.18 Å². The molecule has 0 spiro atoms. The highest BCUT2D eigenvalue weighted by atomic mass is 32.2. The summed E-state index contributed by atoms with van der Waals surface area (Å²) in [5, 5.41) is 0. The number of hydrogen-bond donors (Lipinski definition) is 0. The zero-order valence-corrected chi connectivity index (χ0v) is 9.94. The van der Waals surface area contributed by atoms with E-state index < -0.39 is 5.82 Å². The van der Waals surface area contributed by atoms with Gasteiger partial charge in [0.2, 0.25) is 0 Å². The quantitative estimate of drug-likeness (QED) is 0.790. The topological polar surface area (TPSA) is 42.9 Å². The van der Waals surface area contributed by atoms with Crippen molar-refractivity contribution in [1.82, 2.24) is 9.36 Å². The highest BCUT2D eigenvalue weighted by Crippen LogP contribution is 2.30. The molecule has 1 aromatic heterocycles. The van der Waals surface area contributed by atoms with Gasteiger partial charge in [0.05, 0.1) is 4.90 Å². The standard InChI is InChI=1S/C10H7FN2OS2/c1-6-12-10(16-13-6)15-9-3-2-7(5-14)4-8(9)11/h2-5H,1H3. The molecule has 2 aromatic rings. The van der Waals surface area contributed by atoms with Crippen LogP contribution in [0.5, 0.6) is 0 Å². The average molecular weight is 254 g/mol. The summed E-state index contributed by atoms with van der Waals surface area (Å²) in [5.74, 6) is 0.264. The van der Waals surface area contributed by atoms with Crippen LogP contribution < -0.4 is 0 Å². The maximum absolute atomic E-state index is 13.5. The molecule has 0 N–H and O–H groups in total. The van der Waals surface area contributed by atoms with E-state index in [-0.39, 0.29) is 0 Å². The molecule has 0 saturated heterocycles. The Morgan fingerprint density at radius 3 is 2.88 bits per heavy atom. The Hall–Kier alpha value is -1.27. The molecule has 2 rings (SSSR count). The summed E-state index contributed by atoms with van der Waals surface area (Å²) in [4.78, 5) is 15.0. The second-order valence-corrected chi connectivity index (χ2v) is 5.06. The number of hydrogen-bond acceptors (Lipinski definition) is 5. The molecule has 1 heterocycles. The van der Waals surface area contributed by atoms with Gasteiger partial charge in [0.15, 0.2) is 4.34 Å². The van der Waals surface area contributed by atoms with Crippen molar-refractivity contribution in [2.75, 3.05) is 0 Å². The number of carbonyl (C=O) groups excluding carboxylic acids is 1. The minimum absolute atomic E-state index is 0.329. The minimum atomic E-state index is -0.414. The molecule has 0 atom stereocenters. The lowest BCUT2D eigenvalue weighted by Gasteiger charge is -1.99. The smallest absolute Gasteiger partial charge is 0.174 e. The Labute approximate surface area is 99.9 Å². The van der Waals surface area contributed by atoms with Crippen molar-refractivity contribution in [1.29, 1.82) is 0 Å². The van der Waals surface area contributed by atoms with E-state index >= 15 is 0 Å². The van der Waals surface area contributed by atoms with Crippen molar-refractivity contribution in [3.05, 3.63) is 35.4 Å². The number of aryl methyl sites for hydroxylation is 1. The van der Waals surface area contributed by atoms with Crippen LogP contribution in [-0.4, -0.2) is 15.6 Å². The van der Waals surface area contributed by atoms with Crippen molar-refractivity contribution in [2.24, 2.45) is 0 Å². The zero-order chi connectivity index (χ0) is 11.5. The molecule has 3 nitrogen and oxygen atoms in total. The molecule has 82 valence electrons. The van der Waals surface area contributed by atoms with E-state index in [2.05, 4.69) is 9.36 Å². The van der Waals surface area contributed by atoms with Gasteiger partial charge in [-0.25, -0.2) is 9.37 Å². The van der Waals surface area contributed by atoms with Gasteiger partial charge in [-0.1, -0.05) is 17.8 Å². The summed E-state index contributed by atoms with van der Waals surface area (Å²) < 4.78 is 18.2. The third kappa shape index (κ3) is 2.45. The molecule has 6 heteroatoms. The van der Waals surface area contributed by atoms with Crippen LogP contribution in [0.4, 0.5) is 4.39 Å². The first-order chi connectivity index (χ1) is 7.69. The average Bonchev–Trinajstić information content (AvgIpc) is 2.67. The molecule has 0 fully saturated rings. The Bertz CT molecular complexity index is 527. The van der Waals surface area contributed by atoms with E-state index in [1.807, 2.05) is 0 Å². The summed E-state index contributed by atoms with van der Waals surface area (Å²) in [6, 6.07) is 4.36. The predicted molar refractivity (Wildman–Crippen MR) is 60.6 cm³/mol. The first-order valence-electron chi connectivity index (χ1n) is 4.42. The summed E-state index contributed by atoms with van der Waals surface area (Å²) in [5.41, 5.74) is 0.329. The van der Waals surface area contributed by atoms with Crippen molar-refractivity contribution in [3.8, 4) is 0 Å². The lowest BCUT2D eigenvalue weighted by atomic mass is 10.2. The number of aromatic nitrogens is 2. The molecule has 0 saturated carbocycles. The predicted octanol–water partition coefficient (Wildman–Crippen LogP) is 2.95. The van der Waals surface area contributed by atoms with Crippen LogP contribution in [0.2, 0.25) is 0 Å². The third-order valence-electron chi connectivity index (χ3n) is 1.80. The molecule has 0 unspecified atom stereocenters. The normalized spacial score (nSPS) is 10.4. The molecule has 0 bridgehead atoms. The van der Waals surface area contributed by atoms with E-state index in [1.165, 1.54) is 29.4 Å². The molecule has 0 amide bonds. The number of nitrogens with zero attached hydrogens (tertiary/aromatic N) is 2. The second kappa shape index (κ2) is 4.71. The first kappa shape index (κ1) is 11.2. The molecule has 0 aliphatic rings. The fourth-order valence-electron chi connectivity index (χ4n) is 1.09. The van der Waals surface area contributed by atoms with Gasteiger partial charge >= 0.3 is 0 Å². The van der Waals surface area contributed by atoms with Crippen molar-refractivity contribution in [3.63, 3.8) is 0 Å². The number of aldehydes is 1. The molecule has 0 radical (unpaired) electrons.